The van der Waals surface area contributed by atoms with E-state index >= 15 is 0 Å². The molecule has 1 aliphatic rings. The van der Waals surface area contributed by atoms with E-state index in [1.165, 1.54) is 24.3 Å². The normalized spacial score (nSPS) is 17.2. The van der Waals surface area contributed by atoms with Gasteiger partial charge in [-0.1, -0.05) is 12.1 Å². The second kappa shape index (κ2) is 7.99. The van der Waals surface area contributed by atoms with Crippen LogP contribution in [0, 0.1) is 6.92 Å². The van der Waals surface area contributed by atoms with Gasteiger partial charge in [-0.25, -0.2) is 13.1 Å². The van der Waals surface area contributed by atoms with Crippen LogP contribution in [0.2, 0.25) is 0 Å². The number of aryl methyl sites for hydroxylation is 1. The van der Waals surface area contributed by atoms with Crippen LogP contribution in [0.15, 0.2) is 53.4 Å². The summed E-state index contributed by atoms with van der Waals surface area (Å²) in [5.74, 6) is -0.285. The zero-order valence-corrected chi connectivity index (χ0v) is 15.4. The highest BCUT2D eigenvalue weighted by Gasteiger charge is 2.20. The second-order valence-corrected chi connectivity index (χ2v) is 8.10. The fourth-order valence-corrected chi connectivity index (χ4v) is 3.87. The lowest BCUT2D eigenvalue weighted by Crippen LogP contribution is -2.31. The Hall–Kier alpha value is -2.22. The number of benzene rings is 2. The zero-order chi connectivity index (χ0) is 18.6. The van der Waals surface area contributed by atoms with Crippen LogP contribution < -0.4 is 10.0 Å². The van der Waals surface area contributed by atoms with Crippen molar-refractivity contribution in [2.24, 2.45) is 0 Å². The highest BCUT2D eigenvalue weighted by Crippen LogP contribution is 2.15. The van der Waals surface area contributed by atoms with Crippen molar-refractivity contribution in [3.05, 3.63) is 59.7 Å². The number of rotatable bonds is 6. The van der Waals surface area contributed by atoms with Gasteiger partial charge < -0.3 is 10.1 Å². The molecule has 3 rings (SSSR count). The maximum atomic E-state index is 12.3. The van der Waals surface area contributed by atoms with Gasteiger partial charge in [0.2, 0.25) is 10.0 Å². The van der Waals surface area contributed by atoms with Gasteiger partial charge in [0.15, 0.2) is 0 Å². The van der Waals surface area contributed by atoms with Gasteiger partial charge in [-0.3, -0.25) is 4.79 Å². The van der Waals surface area contributed by atoms with Crippen LogP contribution in [0.1, 0.15) is 28.8 Å². The molecule has 1 aliphatic heterocycles. The van der Waals surface area contributed by atoms with Gasteiger partial charge in [0.25, 0.3) is 5.91 Å². The molecule has 1 fully saturated rings. The maximum Gasteiger partial charge on any atom is 0.255 e. The minimum Gasteiger partial charge on any atom is -0.377 e. The largest absolute Gasteiger partial charge is 0.377 e. The van der Waals surface area contributed by atoms with E-state index in [1.54, 1.807) is 6.07 Å². The molecule has 0 aromatic heterocycles. The van der Waals surface area contributed by atoms with Crippen molar-refractivity contribution in [3.8, 4) is 0 Å². The summed E-state index contributed by atoms with van der Waals surface area (Å²) in [7, 11) is -3.62. The minimum atomic E-state index is -3.62. The van der Waals surface area contributed by atoms with Gasteiger partial charge in [-0.2, -0.15) is 0 Å². The number of carbonyl (C=O) groups is 1. The van der Waals surface area contributed by atoms with Crippen molar-refractivity contribution in [2.75, 3.05) is 18.5 Å². The average molecular weight is 374 g/mol. The lowest BCUT2D eigenvalue weighted by Gasteiger charge is -2.12. The van der Waals surface area contributed by atoms with Crippen molar-refractivity contribution in [1.82, 2.24) is 4.72 Å². The summed E-state index contributed by atoms with van der Waals surface area (Å²) in [5.41, 5.74) is 2.14. The van der Waals surface area contributed by atoms with Gasteiger partial charge in [-0.15, -0.1) is 0 Å². The first-order chi connectivity index (χ1) is 12.4. The van der Waals surface area contributed by atoms with Gasteiger partial charge in [0, 0.05) is 24.4 Å². The molecular formula is C19H22N2O4S. The van der Waals surface area contributed by atoms with Crippen molar-refractivity contribution in [2.45, 2.75) is 30.8 Å². The quantitative estimate of drug-likeness (QED) is 0.814. The highest BCUT2D eigenvalue weighted by molar-refractivity contribution is 7.89. The van der Waals surface area contributed by atoms with Crippen LogP contribution in [0.4, 0.5) is 5.69 Å². The molecule has 2 N–H and O–H groups in total. The lowest BCUT2D eigenvalue weighted by atomic mass is 10.2. The average Bonchev–Trinajstić information content (AvgIpc) is 3.14. The summed E-state index contributed by atoms with van der Waals surface area (Å²) in [6.45, 7) is 2.88. The van der Waals surface area contributed by atoms with Crippen LogP contribution in [0.25, 0.3) is 0 Å². The number of carbonyl (C=O) groups excluding carboxylic acids is 1. The first kappa shape index (κ1) is 18.6. The molecule has 0 unspecified atom stereocenters. The fourth-order valence-electron chi connectivity index (χ4n) is 2.80. The molecule has 0 aliphatic carbocycles. The molecule has 6 nitrogen and oxygen atoms in total. The summed E-state index contributed by atoms with van der Waals surface area (Å²) in [6, 6.07) is 13.4. The maximum absolute atomic E-state index is 12.3. The van der Waals surface area contributed by atoms with Crippen LogP contribution >= 0.6 is 0 Å². The van der Waals surface area contributed by atoms with Crippen LogP contribution in [-0.4, -0.2) is 33.6 Å². The number of hydrogen-bond acceptors (Lipinski definition) is 4. The summed E-state index contributed by atoms with van der Waals surface area (Å²) in [4.78, 5) is 12.4. The fraction of sp³-hybridized carbons (Fsp3) is 0.316. The van der Waals surface area contributed by atoms with E-state index in [9.17, 15) is 13.2 Å². The second-order valence-electron chi connectivity index (χ2n) is 6.33. The number of sulfonamides is 1. The molecule has 1 saturated heterocycles. The number of nitrogens with one attached hydrogen (secondary N) is 2. The molecule has 1 amide bonds. The SMILES string of the molecule is Cc1cccc(NC(=O)c2ccc(S(=O)(=O)NC[C@@H]3CCCO3)cc2)c1. The highest BCUT2D eigenvalue weighted by atomic mass is 32.2. The van der Waals surface area contributed by atoms with Crippen molar-refractivity contribution < 1.29 is 17.9 Å². The van der Waals surface area contributed by atoms with Gasteiger partial charge in [-0.05, 0) is 61.7 Å². The number of amides is 1. The Bertz CT molecular complexity index is 873. The molecule has 1 atom stereocenters. The summed E-state index contributed by atoms with van der Waals surface area (Å²) in [5, 5.41) is 2.80. The third kappa shape index (κ3) is 4.69. The summed E-state index contributed by atoms with van der Waals surface area (Å²) in [6.07, 6.45) is 1.75. The number of ether oxygens (including phenoxy) is 1. The van der Waals surface area contributed by atoms with Gasteiger partial charge in [0.05, 0.1) is 11.0 Å². The Morgan fingerprint density at radius 2 is 1.96 bits per heavy atom. The Morgan fingerprint density at radius 3 is 2.62 bits per heavy atom. The molecular weight excluding hydrogens is 352 g/mol. The standard InChI is InChI=1S/C19H22N2O4S/c1-14-4-2-5-16(12-14)21-19(22)15-7-9-18(10-8-15)26(23,24)20-13-17-6-3-11-25-17/h2,4-5,7-10,12,17,20H,3,6,11,13H2,1H3,(H,21,22)/t17-/m0/s1. The van der Waals surface area contributed by atoms with Gasteiger partial charge in [0.1, 0.15) is 0 Å². The van der Waals surface area contributed by atoms with Crippen LogP contribution in [-0.2, 0) is 14.8 Å². The molecule has 7 heteroatoms. The Labute approximate surface area is 153 Å². The van der Waals surface area contributed by atoms with Crippen molar-refractivity contribution in [3.63, 3.8) is 0 Å². The third-order valence-corrected chi connectivity index (χ3v) is 5.67. The molecule has 0 saturated carbocycles. The first-order valence-electron chi connectivity index (χ1n) is 8.53. The van der Waals surface area contributed by atoms with Crippen molar-refractivity contribution in [1.29, 1.82) is 0 Å². The topological polar surface area (TPSA) is 84.5 Å². The Morgan fingerprint density at radius 1 is 1.19 bits per heavy atom. The van der Waals surface area contributed by atoms with E-state index < -0.39 is 10.0 Å². The predicted octanol–water partition coefficient (Wildman–Crippen LogP) is 2.70. The molecule has 0 spiro atoms. The number of anilines is 1. The van der Waals surface area contributed by atoms with E-state index in [2.05, 4.69) is 10.0 Å². The Kier molecular flexibility index (Phi) is 5.70. The van der Waals surface area contributed by atoms with Gasteiger partial charge >= 0.3 is 0 Å². The van der Waals surface area contributed by atoms with Crippen LogP contribution in [0.3, 0.4) is 0 Å². The van der Waals surface area contributed by atoms with E-state index in [1.807, 2.05) is 25.1 Å². The third-order valence-electron chi connectivity index (χ3n) is 4.23. The van der Waals surface area contributed by atoms with E-state index in [0.717, 1.165) is 18.4 Å². The van der Waals surface area contributed by atoms with E-state index in [-0.39, 0.29) is 23.5 Å². The summed E-state index contributed by atoms with van der Waals surface area (Å²) >= 11 is 0. The molecule has 2 aromatic rings. The molecule has 26 heavy (non-hydrogen) atoms. The van der Waals surface area contributed by atoms with Crippen LogP contribution in [0.5, 0.6) is 0 Å². The van der Waals surface area contributed by atoms with Crippen molar-refractivity contribution >= 4 is 21.6 Å². The zero-order valence-electron chi connectivity index (χ0n) is 14.6. The minimum absolute atomic E-state index is 0.0656. The molecule has 0 bridgehead atoms. The number of hydrogen-bond donors (Lipinski definition) is 2. The smallest absolute Gasteiger partial charge is 0.255 e. The first-order valence-corrected chi connectivity index (χ1v) is 10.0. The lowest BCUT2D eigenvalue weighted by molar-refractivity contribution is 0.102. The monoisotopic (exact) mass is 374 g/mol. The Balaban J connectivity index is 1.64. The molecule has 1 heterocycles. The van der Waals surface area contributed by atoms with E-state index in [0.29, 0.717) is 17.9 Å². The summed E-state index contributed by atoms with van der Waals surface area (Å²) < 4.78 is 32.6. The molecule has 138 valence electrons. The predicted molar refractivity (Wildman–Crippen MR) is 99.7 cm³/mol. The van der Waals surface area contributed by atoms with E-state index in [4.69, 9.17) is 4.74 Å². The molecule has 2 aromatic carbocycles. The molecule has 0 radical (unpaired) electrons.